The second-order valence-electron chi connectivity index (χ2n) is 10.9. The molecule has 0 amide bonds. The third-order valence-corrected chi connectivity index (χ3v) is 13.0. The van der Waals surface area contributed by atoms with Gasteiger partial charge in [-0.2, -0.15) is 0 Å². The molecule has 0 radical (unpaired) electrons. The Morgan fingerprint density at radius 1 is 0.500 bits per heavy atom. The molecule has 0 spiro atoms. The van der Waals surface area contributed by atoms with E-state index in [-0.39, 0.29) is 6.79 Å². The van der Waals surface area contributed by atoms with E-state index in [0.29, 0.717) is 0 Å². The SMILES string of the molecule is COc1ccc2ccccc2c1-c1c([P+](c2ccccc2)(c2ccccc2)c2ccc3c(c2)OCO3)ccc2ccccc12. The molecule has 7 aromatic carbocycles. The Hall–Kier alpha value is -5.11. The fourth-order valence-electron chi connectivity index (χ4n) is 6.74. The van der Waals surface area contributed by atoms with Crippen LogP contribution in [-0.2, 0) is 0 Å². The molecule has 8 rings (SSSR count). The molecule has 1 aliphatic rings. The minimum absolute atomic E-state index is 0.231. The highest BCUT2D eigenvalue weighted by molar-refractivity contribution is 8.01. The maximum atomic E-state index is 6.18. The monoisotopic (exact) mass is 589 g/mol. The van der Waals surface area contributed by atoms with Crippen molar-refractivity contribution in [2.24, 2.45) is 0 Å². The summed E-state index contributed by atoms with van der Waals surface area (Å²) < 4.78 is 18.0. The van der Waals surface area contributed by atoms with E-state index in [2.05, 4.69) is 152 Å². The summed E-state index contributed by atoms with van der Waals surface area (Å²) in [7, 11) is -0.774. The molecule has 0 saturated carbocycles. The van der Waals surface area contributed by atoms with Gasteiger partial charge in [-0.1, -0.05) is 97.1 Å². The van der Waals surface area contributed by atoms with Gasteiger partial charge >= 0.3 is 0 Å². The fraction of sp³-hybridized carbons (Fsp3) is 0.0500. The van der Waals surface area contributed by atoms with Crippen molar-refractivity contribution in [1.82, 2.24) is 0 Å². The smallest absolute Gasteiger partial charge is 0.231 e. The second kappa shape index (κ2) is 10.9. The minimum atomic E-state index is -2.54. The summed E-state index contributed by atoms with van der Waals surface area (Å²) in [6, 6.07) is 54.6. The fourth-order valence-corrected chi connectivity index (χ4v) is 11.2. The topological polar surface area (TPSA) is 27.7 Å². The average molecular weight is 590 g/mol. The van der Waals surface area contributed by atoms with Crippen LogP contribution in [0.25, 0.3) is 32.7 Å². The van der Waals surface area contributed by atoms with Crippen LogP contribution in [0.3, 0.4) is 0 Å². The molecule has 44 heavy (non-hydrogen) atoms. The van der Waals surface area contributed by atoms with Crippen molar-refractivity contribution >= 4 is 50.0 Å². The van der Waals surface area contributed by atoms with Crippen molar-refractivity contribution < 1.29 is 14.2 Å². The maximum Gasteiger partial charge on any atom is 0.231 e. The van der Waals surface area contributed by atoms with Crippen molar-refractivity contribution in [3.8, 4) is 28.4 Å². The zero-order valence-electron chi connectivity index (χ0n) is 24.3. The Labute approximate surface area is 257 Å². The molecule has 1 heterocycles. The quantitative estimate of drug-likeness (QED) is 0.184. The normalized spacial score (nSPS) is 12.5. The van der Waals surface area contributed by atoms with Gasteiger partial charge in [-0.25, -0.2) is 0 Å². The average Bonchev–Trinajstić information content (AvgIpc) is 3.57. The first-order valence-electron chi connectivity index (χ1n) is 14.8. The number of rotatable bonds is 6. The van der Waals surface area contributed by atoms with Crippen molar-refractivity contribution in [1.29, 1.82) is 0 Å². The highest BCUT2D eigenvalue weighted by atomic mass is 31.2. The Morgan fingerprint density at radius 2 is 1.07 bits per heavy atom. The lowest BCUT2D eigenvalue weighted by atomic mass is 9.93. The predicted octanol–water partition coefficient (Wildman–Crippen LogP) is 8.02. The molecule has 7 aromatic rings. The van der Waals surface area contributed by atoms with Crippen LogP contribution in [0.2, 0.25) is 0 Å². The number of methoxy groups -OCH3 is 1. The van der Waals surface area contributed by atoms with Crippen LogP contribution in [0.5, 0.6) is 17.2 Å². The zero-order valence-corrected chi connectivity index (χ0v) is 25.2. The lowest BCUT2D eigenvalue weighted by molar-refractivity contribution is 0.174. The van der Waals surface area contributed by atoms with Crippen LogP contribution < -0.4 is 35.4 Å². The van der Waals surface area contributed by atoms with Crippen LogP contribution >= 0.6 is 7.26 Å². The Morgan fingerprint density at radius 3 is 1.73 bits per heavy atom. The molecule has 0 N–H and O–H groups in total. The largest absolute Gasteiger partial charge is 0.496 e. The van der Waals surface area contributed by atoms with E-state index in [9.17, 15) is 0 Å². The third kappa shape index (κ3) is 4.08. The molecular formula is C40H30O3P+. The highest BCUT2D eigenvalue weighted by Gasteiger charge is 2.50. The lowest BCUT2D eigenvalue weighted by Gasteiger charge is -2.30. The molecule has 0 atom stereocenters. The summed E-state index contributed by atoms with van der Waals surface area (Å²) in [5, 5.41) is 9.71. The van der Waals surface area contributed by atoms with Crippen LogP contribution in [0.1, 0.15) is 0 Å². The molecule has 0 bridgehead atoms. The van der Waals surface area contributed by atoms with Crippen LogP contribution in [-0.4, -0.2) is 13.9 Å². The minimum Gasteiger partial charge on any atom is -0.496 e. The molecule has 4 heteroatoms. The molecule has 3 nitrogen and oxygen atoms in total. The van der Waals surface area contributed by atoms with Gasteiger partial charge in [0.25, 0.3) is 0 Å². The lowest BCUT2D eigenvalue weighted by Crippen LogP contribution is -2.39. The first-order valence-corrected chi connectivity index (χ1v) is 16.6. The Kier molecular flexibility index (Phi) is 6.55. The molecule has 0 aromatic heterocycles. The van der Waals surface area contributed by atoms with E-state index < -0.39 is 7.26 Å². The standard InChI is InChI=1S/C40H30O3P/c1-41-36-23-20-28-12-8-10-18-33(28)39(36)40-34-19-11-9-13-29(34)21-25-38(40)44(30-14-4-2-5-15-30,31-16-6-3-7-17-31)32-22-24-35-37(26-32)43-27-42-35/h2-26H,27H2,1H3/q+1. The van der Waals surface area contributed by atoms with Crippen molar-refractivity contribution in [2.45, 2.75) is 0 Å². The van der Waals surface area contributed by atoms with E-state index >= 15 is 0 Å². The van der Waals surface area contributed by atoms with E-state index in [1.807, 2.05) is 0 Å². The van der Waals surface area contributed by atoms with Crippen LogP contribution in [0.4, 0.5) is 0 Å². The molecule has 0 unspecified atom stereocenters. The van der Waals surface area contributed by atoms with Gasteiger partial charge in [0.2, 0.25) is 6.79 Å². The Balaban J connectivity index is 1.61. The van der Waals surface area contributed by atoms with E-state index in [1.165, 1.54) is 42.9 Å². The molecular weight excluding hydrogens is 559 g/mol. The van der Waals surface area contributed by atoms with Crippen molar-refractivity contribution in [3.05, 3.63) is 152 Å². The number of benzene rings is 7. The van der Waals surface area contributed by atoms with Gasteiger partial charge in [-0.3, -0.25) is 0 Å². The summed E-state index contributed by atoms with van der Waals surface area (Å²) in [5.41, 5.74) is 2.30. The summed E-state index contributed by atoms with van der Waals surface area (Å²) in [6.45, 7) is 0.231. The second-order valence-corrected chi connectivity index (χ2v) is 14.3. The summed E-state index contributed by atoms with van der Waals surface area (Å²) in [4.78, 5) is 0. The van der Waals surface area contributed by atoms with Gasteiger partial charge in [0, 0.05) is 17.2 Å². The molecule has 1 aliphatic heterocycles. The first-order chi connectivity index (χ1) is 21.8. The summed E-state index contributed by atoms with van der Waals surface area (Å²) in [5.74, 6) is 2.41. The number of fused-ring (bicyclic) bond motifs is 3. The summed E-state index contributed by atoms with van der Waals surface area (Å²) in [6.07, 6.45) is 0. The molecule has 0 saturated heterocycles. The molecule has 212 valence electrons. The van der Waals surface area contributed by atoms with Crippen molar-refractivity contribution in [2.75, 3.05) is 13.9 Å². The third-order valence-electron chi connectivity index (χ3n) is 8.66. The highest BCUT2D eigenvalue weighted by Crippen LogP contribution is 2.58. The number of hydrogen-bond acceptors (Lipinski definition) is 3. The van der Waals surface area contributed by atoms with Gasteiger partial charge in [-0.05, 0) is 70.1 Å². The van der Waals surface area contributed by atoms with E-state index in [0.717, 1.165) is 28.2 Å². The van der Waals surface area contributed by atoms with E-state index in [4.69, 9.17) is 14.2 Å². The zero-order chi connectivity index (χ0) is 29.5. The molecule has 0 aliphatic carbocycles. The van der Waals surface area contributed by atoms with Crippen LogP contribution in [0.15, 0.2) is 152 Å². The number of hydrogen-bond donors (Lipinski definition) is 0. The van der Waals surface area contributed by atoms with Gasteiger partial charge in [0.15, 0.2) is 11.5 Å². The van der Waals surface area contributed by atoms with Crippen LogP contribution in [0, 0.1) is 0 Å². The van der Waals surface area contributed by atoms with Gasteiger partial charge in [0.1, 0.15) is 34.2 Å². The predicted molar refractivity (Wildman–Crippen MR) is 184 cm³/mol. The molecule has 0 fully saturated rings. The summed E-state index contributed by atoms with van der Waals surface area (Å²) >= 11 is 0. The van der Waals surface area contributed by atoms with Gasteiger partial charge in [-0.15, -0.1) is 0 Å². The number of ether oxygens (including phenoxy) is 3. The van der Waals surface area contributed by atoms with Crippen molar-refractivity contribution in [3.63, 3.8) is 0 Å². The van der Waals surface area contributed by atoms with Gasteiger partial charge < -0.3 is 14.2 Å². The first kappa shape index (κ1) is 26.5. The Bertz CT molecular complexity index is 2100. The van der Waals surface area contributed by atoms with E-state index in [1.54, 1.807) is 7.11 Å². The maximum absolute atomic E-state index is 6.18. The van der Waals surface area contributed by atoms with Gasteiger partial charge in [0.05, 0.1) is 7.11 Å².